The number of nitrogens with zero attached hydrogens (tertiary/aromatic N) is 2. The SMILES string of the molecule is C=C[C@@H]1C[C@]1(NC(=O)[C@@H]1C[C@@H](OC(=O)N2Cc3cccc(F)c3C2)CN1C(=O)[C@H](CCC(=O)/C=C/CC)NC(=O)OC(C)(C)C)C(=O)NS(=O)(=O)C1CC1. The van der Waals surface area contributed by atoms with Crippen LogP contribution in [0.15, 0.2) is 43.0 Å². The Bertz CT molecular complexity index is 1840. The number of allylic oxidation sites excluding steroid dienone is 2. The van der Waals surface area contributed by atoms with Crippen molar-refractivity contribution in [2.45, 2.75) is 120 Å². The number of ether oxygens (including phenoxy) is 2. The molecule has 2 heterocycles. The van der Waals surface area contributed by atoms with Gasteiger partial charge in [-0.25, -0.2) is 22.4 Å². The van der Waals surface area contributed by atoms with Gasteiger partial charge in [0.05, 0.1) is 18.3 Å². The third-order valence-corrected chi connectivity index (χ3v) is 11.6. The van der Waals surface area contributed by atoms with Gasteiger partial charge in [-0.05, 0) is 70.6 Å². The molecular weight excluding hydrogens is 725 g/mol. The smallest absolute Gasteiger partial charge is 0.410 e. The Morgan fingerprint density at radius 3 is 2.46 bits per heavy atom. The first-order chi connectivity index (χ1) is 25.4. The molecule has 5 rings (SSSR count). The van der Waals surface area contributed by atoms with Crippen molar-refractivity contribution in [2.75, 3.05) is 6.54 Å². The Kier molecular flexibility index (Phi) is 11.9. The average molecular weight is 774 g/mol. The van der Waals surface area contributed by atoms with Crippen LogP contribution >= 0.6 is 0 Å². The molecule has 0 spiro atoms. The lowest BCUT2D eigenvalue weighted by molar-refractivity contribution is -0.141. The fraction of sp³-hybridized carbons (Fsp3) is 0.568. The van der Waals surface area contributed by atoms with Crippen LogP contribution in [0.5, 0.6) is 0 Å². The quantitative estimate of drug-likeness (QED) is 0.187. The van der Waals surface area contributed by atoms with Gasteiger partial charge in [0.2, 0.25) is 21.8 Å². The number of rotatable bonds is 14. The highest BCUT2D eigenvalue weighted by Crippen LogP contribution is 2.45. The number of sulfonamides is 1. The maximum Gasteiger partial charge on any atom is 0.410 e. The fourth-order valence-corrected chi connectivity index (χ4v) is 8.01. The Morgan fingerprint density at radius 1 is 1.13 bits per heavy atom. The second-order valence-electron chi connectivity index (χ2n) is 15.2. The van der Waals surface area contributed by atoms with Crippen LogP contribution in [0.25, 0.3) is 0 Å². The summed E-state index contributed by atoms with van der Waals surface area (Å²) in [5.41, 5.74) is -1.64. The number of ketones is 1. The molecule has 0 radical (unpaired) electrons. The number of alkyl carbamates (subject to hydrolysis) is 1. The van der Waals surface area contributed by atoms with E-state index < -0.39 is 86.2 Å². The van der Waals surface area contributed by atoms with E-state index in [0.717, 1.165) is 4.90 Å². The molecular formula is C37H48FN5O10S. The van der Waals surface area contributed by atoms with Crippen LogP contribution in [-0.2, 0) is 51.8 Å². The van der Waals surface area contributed by atoms with E-state index in [1.54, 1.807) is 32.9 Å². The molecule has 294 valence electrons. The lowest BCUT2D eigenvalue weighted by Crippen LogP contribution is -2.58. The van der Waals surface area contributed by atoms with Crippen LogP contribution in [-0.4, -0.2) is 95.0 Å². The summed E-state index contributed by atoms with van der Waals surface area (Å²) in [4.78, 5) is 83.2. The molecule has 0 bridgehead atoms. The monoisotopic (exact) mass is 773 g/mol. The van der Waals surface area contributed by atoms with Gasteiger partial charge in [-0.2, -0.15) is 0 Å². The van der Waals surface area contributed by atoms with E-state index in [-0.39, 0.29) is 51.1 Å². The molecule has 3 N–H and O–H groups in total. The van der Waals surface area contributed by atoms with Crippen molar-refractivity contribution >= 4 is 45.7 Å². The summed E-state index contributed by atoms with van der Waals surface area (Å²) in [5.74, 6) is -3.94. The normalized spacial score (nSPS) is 24.0. The summed E-state index contributed by atoms with van der Waals surface area (Å²) in [6, 6.07) is 1.80. The zero-order chi connectivity index (χ0) is 39.6. The van der Waals surface area contributed by atoms with Crippen molar-refractivity contribution in [1.29, 1.82) is 0 Å². The maximum atomic E-state index is 14.4. The van der Waals surface area contributed by atoms with Gasteiger partial charge in [0.25, 0.3) is 5.91 Å². The molecule has 3 fully saturated rings. The van der Waals surface area contributed by atoms with Crippen LogP contribution in [0.3, 0.4) is 0 Å². The maximum absolute atomic E-state index is 14.4. The van der Waals surface area contributed by atoms with Crippen molar-refractivity contribution in [1.82, 2.24) is 25.2 Å². The van der Waals surface area contributed by atoms with Crippen molar-refractivity contribution in [3.05, 3.63) is 60.0 Å². The topological polar surface area (TPSA) is 198 Å². The van der Waals surface area contributed by atoms with Gasteiger partial charge in [0, 0.05) is 30.9 Å². The second-order valence-corrected chi connectivity index (χ2v) is 17.1. The second kappa shape index (κ2) is 15.9. The van der Waals surface area contributed by atoms with Crippen LogP contribution in [0.2, 0.25) is 0 Å². The Labute approximate surface area is 314 Å². The van der Waals surface area contributed by atoms with Gasteiger partial charge < -0.3 is 25.0 Å². The molecule has 5 amide bonds. The van der Waals surface area contributed by atoms with E-state index >= 15 is 0 Å². The number of likely N-dealkylation sites (tertiary alicyclic amines) is 1. The summed E-state index contributed by atoms with van der Waals surface area (Å²) in [5, 5.41) is 4.48. The van der Waals surface area contributed by atoms with E-state index in [2.05, 4.69) is 21.9 Å². The molecule has 2 saturated carbocycles. The van der Waals surface area contributed by atoms with E-state index in [0.29, 0.717) is 30.4 Å². The van der Waals surface area contributed by atoms with Crippen LogP contribution in [0.4, 0.5) is 14.0 Å². The predicted molar refractivity (Wildman–Crippen MR) is 192 cm³/mol. The highest BCUT2D eigenvalue weighted by atomic mass is 32.2. The van der Waals surface area contributed by atoms with E-state index in [1.807, 2.05) is 6.92 Å². The number of hydrogen-bond acceptors (Lipinski definition) is 10. The number of hydrogen-bond donors (Lipinski definition) is 3. The molecule has 5 atom stereocenters. The van der Waals surface area contributed by atoms with E-state index in [9.17, 15) is 41.6 Å². The predicted octanol–water partition coefficient (Wildman–Crippen LogP) is 3.13. The number of amides is 5. The highest BCUT2D eigenvalue weighted by Gasteiger charge is 2.62. The van der Waals surface area contributed by atoms with Crippen molar-refractivity contribution in [3.8, 4) is 0 Å². The van der Waals surface area contributed by atoms with Crippen molar-refractivity contribution in [2.24, 2.45) is 5.92 Å². The first-order valence-corrected chi connectivity index (χ1v) is 19.6. The summed E-state index contributed by atoms with van der Waals surface area (Å²) in [6.45, 7) is 10.2. The van der Waals surface area contributed by atoms with E-state index in [1.165, 1.54) is 29.2 Å². The number of nitrogens with one attached hydrogen (secondary N) is 3. The third-order valence-electron chi connectivity index (χ3n) is 9.76. The summed E-state index contributed by atoms with van der Waals surface area (Å²) in [6.07, 6.45) is 2.57. The largest absolute Gasteiger partial charge is 0.444 e. The van der Waals surface area contributed by atoms with Crippen molar-refractivity contribution in [3.63, 3.8) is 0 Å². The first-order valence-electron chi connectivity index (χ1n) is 18.1. The molecule has 2 aliphatic heterocycles. The zero-order valence-corrected chi connectivity index (χ0v) is 31.7. The summed E-state index contributed by atoms with van der Waals surface area (Å²) < 4.78 is 53.0. The molecule has 17 heteroatoms. The Morgan fingerprint density at radius 2 is 1.85 bits per heavy atom. The van der Waals surface area contributed by atoms with Crippen LogP contribution < -0.4 is 15.4 Å². The fourth-order valence-electron chi connectivity index (χ4n) is 6.65. The van der Waals surface area contributed by atoms with Crippen molar-refractivity contribution < 1.29 is 51.0 Å². The Hall–Kier alpha value is -4.80. The highest BCUT2D eigenvalue weighted by molar-refractivity contribution is 7.91. The molecule has 15 nitrogen and oxygen atoms in total. The zero-order valence-electron chi connectivity index (χ0n) is 30.9. The molecule has 0 aromatic heterocycles. The molecule has 1 saturated heterocycles. The minimum atomic E-state index is -3.97. The van der Waals surface area contributed by atoms with Gasteiger partial charge in [-0.1, -0.05) is 31.2 Å². The van der Waals surface area contributed by atoms with Gasteiger partial charge in [0.1, 0.15) is 35.1 Å². The van der Waals surface area contributed by atoms with Gasteiger partial charge in [-0.3, -0.25) is 28.8 Å². The molecule has 1 aromatic rings. The number of fused-ring (bicyclic) bond motifs is 1. The molecule has 1 aromatic carbocycles. The average Bonchev–Trinajstić information content (AvgIpc) is 3.98. The van der Waals surface area contributed by atoms with E-state index in [4.69, 9.17) is 9.47 Å². The van der Waals surface area contributed by atoms with Gasteiger partial charge in [-0.15, -0.1) is 6.58 Å². The molecule has 2 aliphatic carbocycles. The number of carbonyl (C=O) groups excluding carboxylic acids is 6. The molecule has 4 aliphatic rings. The van der Waals surface area contributed by atoms with Crippen LogP contribution in [0.1, 0.15) is 83.8 Å². The lowest BCUT2D eigenvalue weighted by atomic mass is 10.1. The number of halogens is 1. The number of carbonyl (C=O) groups is 6. The molecule has 54 heavy (non-hydrogen) atoms. The summed E-state index contributed by atoms with van der Waals surface area (Å²) in [7, 11) is -3.97. The lowest BCUT2D eigenvalue weighted by Gasteiger charge is -2.30. The standard InChI is InChI=1S/C37H48FN5O10S/c1-6-8-11-24(44)13-16-29(39-34(48)53-36(3,4)5)32(46)43-20-25(52-35(49)42-19-22-10-9-12-28(38)27(22)21-42)17-30(43)31(45)40-37(18-23(37)7-2)33(47)41-54(50,51)26-14-15-26/h7-12,23,25-26,29-30H,2,6,13-21H2,1,3-5H3,(H,39,48)(H,40,45)(H,41,47)/b11-8+/t23-,25-,29+,30+,37-/m1/s1. The van der Waals surface area contributed by atoms with Gasteiger partial charge >= 0.3 is 12.2 Å². The van der Waals surface area contributed by atoms with Gasteiger partial charge in [0.15, 0.2) is 5.78 Å². The minimum absolute atomic E-state index is 0.0488. The minimum Gasteiger partial charge on any atom is -0.444 e. The Balaban J connectivity index is 1.39. The summed E-state index contributed by atoms with van der Waals surface area (Å²) >= 11 is 0. The first kappa shape index (κ1) is 40.4. The molecule has 0 unspecified atom stereocenters. The third kappa shape index (κ3) is 9.46. The number of benzene rings is 1. The van der Waals surface area contributed by atoms with Crippen LogP contribution in [0, 0.1) is 11.7 Å².